The summed E-state index contributed by atoms with van der Waals surface area (Å²) in [5, 5.41) is 0. The van der Waals surface area contributed by atoms with Crippen LogP contribution in [0.2, 0.25) is 0 Å². The lowest BCUT2D eigenvalue weighted by Gasteiger charge is -2.17. The monoisotopic (exact) mass is 269 g/mol. The summed E-state index contributed by atoms with van der Waals surface area (Å²) in [6, 6.07) is 0. The van der Waals surface area contributed by atoms with Gasteiger partial charge in [0.15, 0.2) is 0 Å². The number of nitrogens with one attached hydrogen (secondary N) is 1. The van der Waals surface area contributed by atoms with E-state index in [0.29, 0.717) is 25.4 Å². The van der Waals surface area contributed by atoms with Gasteiger partial charge in [0, 0.05) is 13.7 Å². The Morgan fingerprint density at radius 2 is 2.12 bits per heavy atom. The van der Waals surface area contributed by atoms with Crippen molar-refractivity contribution in [3.63, 3.8) is 0 Å². The third kappa shape index (κ3) is 9.67. The summed E-state index contributed by atoms with van der Waals surface area (Å²) in [7, 11) is -2.70. The van der Waals surface area contributed by atoms with E-state index < -0.39 is 7.82 Å². The first-order valence-corrected chi connectivity index (χ1v) is 7.22. The molecule has 7 nitrogen and oxygen atoms in total. The van der Waals surface area contributed by atoms with Gasteiger partial charge < -0.3 is 10.6 Å². The average molecular weight is 269 g/mol. The fourth-order valence-corrected chi connectivity index (χ4v) is 1.96. The van der Waals surface area contributed by atoms with Crippen LogP contribution in [0.25, 0.3) is 0 Å². The summed E-state index contributed by atoms with van der Waals surface area (Å²) in [5.41, 5.74) is 8.04. The Labute approximate surface area is 102 Å². The molecule has 0 aromatic carbocycles. The number of hydrogen-bond acceptors (Lipinski definition) is 6. The van der Waals surface area contributed by atoms with E-state index in [1.807, 2.05) is 0 Å². The summed E-state index contributed by atoms with van der Waals surface area (Å²) in [4.78, 5) is 9.05. The predicted molar refractivity (Wildman–Crippen MR) is 66.0 cm³/mol. The zero-order valence-corrected chi connectivity index (χ0v) is 11.2. The lowest BCUT2D eigenvalue weighted by Crippen LogP contribution is -2.25. The van der Waals surface area contributed by atoms with Crippen molar-refractivity contribution in [2.75, 3.05) is 26.8 Å². The lowest BCUT2D eigenvalue weighted by atomic mass is 9.96. The molecule has 6 N–H and O–H groups in total. The maximum atomic E-state index is 11.1. The van der Waals surface area contributed by atoms with E-state index in [0.717, 1.165) is 26.4 Å². The molecule has 0 saturated heterocycles. The molecular weight excluding hydrogens is 245 g/mol. The van der Waals surface area contributed by atoms with Crippen molar-refractivity contribution in [2.45, 2.75) is 25.7 Å². The van der Waals surface area contributed by atoms with Crippen LogP contribution in [-0.4, -0.2) is 31.7 Å². The minimum absolute atomic E-state index is 0.196. The molecule has 0 radical (unpaired) electrons. The van der Waals surface area contributed by atoms with Crippen molar-refractivity contribution in [2.24, 2.45) is 17.5 Å². The third-order valence-corrected chi connectivity index (χ3v) is 3.49. The molecule has 0 aliphatic rings. The predicted octanol–water partition coefficient (Wildman–Crippen LogP) is 0.348. The molecule has 0 rings (SSSR count). The van der Waals surface area contributed by atoms with Gasteiger partial charge in [0.25, 0.3) is 0 Å². The van der Waals surface area contributed by atoms with Crippen LogP contribution in [0.15, 0.2) is 0 Å². The van der Waals surface area contributed by atoms with Crippen LogP contribution in [0, 0.1) is 5.92 Å². The molecular formula is C9H24N3O4P. The third-order valence-electron chi connectivity index (χ3n) is 2.52. The molecule has 2 unspecified atom stereocenters. The van der Waals surface area contributed by atoms with Crippen LogP contribution in [0.5, 0.6) is 0 Å². The number of nitrogens with two attached hydrogens (primary N) is 2. The minimum Gasteiger partial charge on any atom is -0.330 e. The first-order chi connectivity index (χ1) is 8.05. The van der Waals surface area contributed by atoms with Crippen molar-refractivity contribution in [1.29, 1.82) is 0 Å². The van der Waals surface area contributed by atoms with Gasteiger partial charge in [0.05, 0.1) is 6.61 Å². The quantitative estimate of drug-likeness (QED) is 0.242. The Kier molecular flexibility index (Phi) is 9.96. The van der Waals surface area contributed by atoms with Gasteiger partial charge >= 0.3 is 7.82 Å². The Morgan fingerprint density at radius 3 is 2.65 bits per heavy atom. The smallest absolute Gasteiger partial charge is 0.330 e. The fraction of sp³-hybridized carbons (Fsp3) is 1.00. The maximum absolute atomic E-state index is 11.1. The Morgan fingerprint density at radius 1 is 1.41 bits per heavy atom. The van der Waals surface area contributed by atoms with E-state index in [1.54, 1.807) is 0 Å². The van der Waals surface area contributed by atoms with Gasteiger partial charge in [-0.25, -0.2) is 4.57 Å². The van der Waals surface area contributed by atoms with Crippen LogP contribution in [0.3, 0.4) is 0 Å². The molecule has 2 atom stereocenters. The normalized spacial score (nSPS) is 16.7. The van der Waals surface area contributed by atoms with Gasteiger partial charge in [0.1, 0.15) is 0 Å². The summed E-state index contributed by atoms with van der Waals surface area (Å²) in [5.74, 6) is 5.60. The van der Waals surface area contributed by atoms with Gasteiger partial charge in [-0.1, -0.05) is 0 Å². The summed E-state index contributed by atoms with van der Waals surface area (Å²) >= 11 is 0. The number of hydrogen-bond donors (Lipinski definition) is 4. The highest BCUT2D eigenvalue weighted by atomic mass is 31.2. The molecule has 104 valence electrons. The van der Waals surface area contributed by atoms with E-state index in [-0.39, 0.29) is 6.61 Å². The molecule has 0 aromatic heterocycles. The highest BCUT2D eigenvalue weighted by Crippen LogP contribution is 2.42. The largest absolute Gasteiger partial charge is 0.471 e. The molecule has 0 heterocycles. The van der Waals surface area contributed by atoms with E-state index in [9.17, 15) is 4.57 Å². The lowest BCUT2D eigenvalue weighted by molar-refractivity contribution is 0.161. The number of rotatable bonds is 11. The van der Waals surface area contributed by atoms with Gasteiger partial charge in [-0.2, -0.15) is 0 Å². The van der Waals surface area contributed by atoms with E-state index in [2.05, 4.69) is 9.95 Å². The Hall–Kier alpha value is -0.0100. The van der Waals surface area contributed by atoms with E-state index in [4.69, 9.17) is 21.0 Å². The fourth-order valence-electron chi connectivity index (χ4n) is 1.51. The Bertz CT molecular complexity index is 222. The van der Waals surface area contributed by atoms with Gasteiger partial charge in [-0.05, 0) is 38.1 Å². The Balaban J connectivity index is 3.85. The molecule has 0 aromatic rings. The highest BCUT2D eigenvalue weighted by molar-refractivity contribution is 7.47. The second-order valence-corrected chi connectivity index (χ2v) is 5.37. The van der Waals surface area contributed by atoms with Crippen molar-refractivity contribution < 1.29 is 18.5 Å². The SMILES string of the molecule is COP(=O)(O)OCCC(CCCN)CCNN. The van der Waals surface area contributed by atoms with Gasteiger partial charge in [0.2, 0.25) is 0 Å². The molecule has 8 heteroatoms. The van der Waals surface area contributed by atoms with E-state index in [1.165, 1.54) is 0 Å². The molecule has 17 heavy (non-hydrogen) atoms. The summed E-state index contributed by atoms with van der Waals surface area (Å²) in [6.45, 7) is 1.54. The number of hydrazine groups is 1. The highest BCUT2D eigenvalue weighted by Gasteiger charge is 2.19. The first-order valence-electron chi connectivity index (χ1n) is 5.72. The number of phosphoric ester groups is 1. The average Bonchev–Trinajstić information content (AvgIpc) is 2.31. The minimum atomic E-state index is -3.85. The van der Waals surface area contributed by atoms with Crippen LogP contribution >= 0.6 is 7.82 Å². The van der Waals surface area contributed by atoms with Crippen LogP contribution in [-0.2, 0) is 13.6 Å². The van der Waals surface area contributed by atoms with Crippen molar-refractivity contribution >= 4 is 7.82 Å². The molecule has 0 aliphatic heterocycles. The first kappa shape index (κ1) is 17.0. The molecule has 0 bridgehead atoms. The molecule has 0 saturated carbocycles. The zero-order chi connectivity index (χ0) is 13.1. The van der Waals surface area contributed by atoms with Crippen molar-refractivity contribution in [3.05, 3.63) is 0 Å². The zero-order valence-electron chi connectivity index (χ0n) is 10.3. The molecule has 0 spiro atoms. The topological polar surface area (TPSA) is 120 Å². The molecule has 0 amide bonds. The van der Waals surface area contributed by atoms with Crippen molar-refractivity contribution in [1.82, 2.24) is 5.43 Å². The second kappa shape index (κ2) is 9.96. The van der Waals surface area contributed by atoms with Gasteiger partial charge in [-0.3, -0.25) is 20.3 Å². The molecule has 0 aliphatic carbocycles. The molecule has 0 fully saturated rings. The maximum Gasteiger partial charge on any atom is 0.471 e. The van der Waals surface area contributed by atoms with Crippen LogP contribution in [0.4, 0.5) is 0 Å². The van der Waals surface area contributed by atoms with E-state index >= 15 is 0 Å². The van der Waals surface area contributed by atoms with Crippen molar-refractivity contribution in [3.8, 4) is 0 Å². The standard InChI is InChI=1S/C9H24N3O4P/c1-15-17(13,14)16-8-5-9(3-2-6-10)4-7-12-11/h9,12H,2-8,10-11H2,1H3,(H,13,14). The van der Waals surface area contributed by atoms with Gasteiger partial charge in [-0.15, -0.1) is 0 Å². The second-order valence-electron chi connectivity index (χ2n) is 3.81. The van der Waals surface area contributed by atoms with Crippen LogP contribution < -0.4 is 17.0 Å². The number of phosphoric acid groups is 1. The summed E-state index contributed by atoms with van der Waals surface area (Å²) < 4.78 is 20.1. The van der Waals surface area contributed by atoms with Crippen LogP contribution in [0.1, 0.15) is 25.7 Å². The summed E-state index contributed by atoms with van der Waals surface area (Å²) in [6.07, 6.45) is 3.47.